The highest BCUT2D eigenvalue weighted by Crippen LogP contribution is 2.22. The molecule has 0 saturated carbocycles. The number of rotatable bonds is 1. The molecule has 0 amide bonds. The Morgan fingerprint density at radius 3 is 2.72 bits per heavy atom. The molecule has 1 aromatic carbocycles. The lowest BCUT2D eigenvalue weighted by Gasteiger charge is -2.28. The standard InChI is InChI=1S/C15H17Cl2N/c1-12-5-3-9-18(11-12)10-4-6-13-14(16)7-2-8-15(13)17/h2,7-8,12H,3,5,9-11H2,1H3. The average Bonchev–Trinajstić information content (AvgIpc) is 2.33. The van der Waals surface area contributed by atoms with Crippen molar-refractivity contribution in [3.05, 3.63) is 33.8 Å². The second kappa shape index (κ2) is 6.48. The molecule has 1 atom stereocenters. The van der Waals surface area contributed by atoms with E-state index in [-0.39, 0.29) is 0 Å². The zero-order chi connectivity index (χ0) is 13.0. The Bertz CT molecular complexity index is 453. The molecule has 0 aromatic heterocycles. The molecular weight excluding hydrogens is 265 g/mol. The Morgan fingerprint density at radius 2 is 2.06 bits per heavy atom. The molecule has 0 bridgehead atoms. The molecule has 1 saturated heterocycles. The van der Waals surface area contributed by atoms with E-state index in [2.05, 4.69) is 23.7 Å². The summed E-state index contributed by atoms with van der Waals surface area (Å²) in [5.74, 6) is 7.05. The number of nitrogens with zero attached hydrogens (tertiary/aromatic N) is 1. The van der Waals surface area contributed by atoms with Crippen molar-refractivity contribution >= 4 is 23.2 Å². The van der Waals surface area contributed by atoms with Gasteiger partial charge >= 0.3 is 0 Å². The summed E-state index contributed by atoms with van der Waals surface area (Å²) in [6, 6.07) is 5.48. The van der Waals surface area contributed by atoms with Crippen molar-refractivity contribution in [2.45, 2.75) is 19.8 Å². The van der Waals surface area contributed by atoms with Gasteiger partial charge in [-0.1, -0.05) is 48.0 Å². The minimum absolute atomic E-state index is 0.627. The first-order valence-corrected chi connectivity index (χ1v) is 7.07. The summed E-state index contributed by atoms with van der Waals surface area (Å²) < 4.78 is 0. The van der Waals surface area contributed by atoms with Gasteiger partial charge in [-0.25, -0.2) is 0 Å². The Balaban J connectivity index is 2.00. The molecule has 0 spiro atoms. The van der Waals surface area contributed by atoms with E-state index in [9.17, 15) is 0 Å². The van der Waals surface area contributed by atoms with E-state index in [0.29, 0.717) is 10.0 Å². The topological polar surface area (TPSA) is 3.24 Å². The van der Waals surface area contributed by atoms with Gasteiger partial charge in [0.05, 0.1) is 22.2 Å². The third-order valence-electron chi connectivity index (χ3n) is 3.22. The zero-order valence-electron chi connectivity index (χ0n) is 10.5. The van der Waals surface area contributed by atoms with Gasteiger partial charge in [0, 0.05) is 6.54 Å². The van der Waals surface area contributed by atoms with E-state index in [1.165, 1.54) is 12.8 Å². The number of benzene rings is 1. The van der Waals surface area contributed by atoms with E-state index < -0.39 is 0 Å². The molecule has 1 heterocycles. The number of hydrogen-bond acceptors (Lipinski definition) is 1. The molecule has 2 rings (SSSR count). The Morgan fingerprint density at radius 1 is 1.33 bits per heavy atom. The molecule has 1 aliphatic heterocycles. The molecule has 1 nitrogen and oxygen atoms in total. The summed E-state index contributed by atoms with van der Waals surface area (Å²) in [5.41, 5.74) is 0.742. The van der Waals surface area contributed by atoms with Crippen LogP contribution in [0.3, 0.4) is 0 Å². The van der Waals surface area contributed by atoms with Crippen LogP contribution in [0.15, 0.2) is 18.2 Å². The summed E-state index contributed by atoms with van der Waals surface area (Å²) in [5, 5.41) is 1.25. The summed E-state index contributed by atoms with van der Waals surface area (Å²) in [6.45, 7) is 5.39. The molecule has 0 N–H and O–H groups in total. The maximum atomic E-state index is 6.07. The molecule has 0 aliphatic carbocycles. The summed E-state index contributed by atoms with van der Waals surface area (Å²) >= 11 is 12.1. The van der Waals surface area contributed by atoms with Crippen LogP contribution < -0.4 is 0 Å². The maximum Gasteiger partial charge on any atom is 0.0618 e. The fraction of sp³-hybridized carbons (Fsp3) is 0.467. The lowest BCUT2D eigenvalue weighted by molar-refractivity contribution is 0.204. The van der Waals surface area contributed by atoms with Gasteiger partial charge in [0.15, 0.2) is 0 Å². The molecule has 96 valence electrons. The quantitative estimate of drug-likeness (QED) is 0.702. The lowest BCUT2D eigenvalue weighted by atomic mass is 10.0. The highest BCUT2D eigenvalue weighted by atomic mass is 35.5. The summed E-state index contributed by atoms with van der Waals surface area (Å²) in [6.07, 6.45) is 2.61. The number of halogens is 2. The van der Waals surface area contributed by atoms with Crippen molar-refractivity contribution in [1.29, 1.82) is 0 Å². The van der Waals surface area contributed by atoms with Crippen molar-refractivity contribution in [3.8, 4) is 11.8 Å². The second-order valence-electron chi connectivity index (χ2n) is 4.88. The fourth-order valence-corrected chi connectivity index (χ4v) is 2.78. The van der Waals surface area contributed by atoms with Crippen LogP contribution in [0.1, 0.15) is 25.3 Å². The van der Waals surface area contributed by atoms with E-state index in [1.54, 1.807) is 0 Å². The highest BCUT2D eigenvalue weighted by molar-refractivity contribution is 6.36. The summed E-state index contributed by atoms with van der Waals surface area (Å²) in [4.78, 5) is 2.39. The first-order valence-electron chi connectivity index (χ1n) is 6.32. The van der Waals surface area contributed by atoms with Crippen LogP contribution in [0.5, 0.6) is 0 Å². The van der Waals surface area contributed by atoms with E-state index in [1.807, 2.05) is 18.2 Å². The van der Waals surface area contributed by atoms with Gasteiger partial charge in [-0.2, -0.15) is 0 Å². The largest absolute Gasteiger partial charge is 0.292 e. The average molecular weight is 282 g/mol. The van der Waals surface area contributed by atoms with Crippen molar-refractivity contribution in [3.63, 3.8) is 0 Å². The number of piperidine rings is 1. The maximum absolute atomic E-state index is 6.07. The van der Waals surface area contributed by atoms with Crippen LogP contribution in [0.25, 0.3) is 0 Å². The lowest BCUT2D eigenvalue weighted by Crippen LogP contribution is -2.34. The van der Waals surface area contributed by atoms with Gasteiger partial charge in [0.25, 0.3) is 0 Å². The number of hydrogen-bond donors (Lipinski definition) is 0. The van der Waals surface area contributed by atoms with Crippen molar-refractivity contribution in [2.24, 2.45) is 5.92 Å². The van der Waals surface area contributed by atoms with Gasteiger partial charge < -0.3 is 0 Å². The van der Waals surface area contributed by atoms with Crippen molar-refractivity contribution in [2.75, 3.05) is 19.6 Å². The molecule has 3 heteroatoms. The third kappa shape index (κ3) is 3.65. The molecule has 1 aliphatic rings. The Labute approximate surface area is 119 Å². The highest BCUT2D eigenvalue weighted by Gasteiger charge is 2.14. The summed E-state index contributed by atoms with van der Waals surface area (Å²) in [7, 11) is 0. The van der Waals surface area contributed by atoms with Crippen LogP contribution >= 0.6 is 23.2 Å². The minimum Gasteiger partial charge on any atom is -0.292 e. The van der Waals surface area contributed by atoms with E-state index in [4.69, 9.17) is 23.2 Å². The monoisotopic (exact) mass is 281 g/mol. The van der Waals surface area contributed by atoms with Crippen molar-refractivity contribution in [1.82, 2.24) is 4.90 Å². The first kappa shape index (κ1) is 13.7. The van der Waals surface area contributed by atoms with Crippen molar-refractivity contribution < 1.29 is 0 Å². The molecule has 18 heavy (non-hydrogen) atoms. The van der Waals surface area contributed by atoms with Gasteiger partial charge in [-0.3, -0.25) is 4.90 Å². The van der Waals surface area contributed by atoms with Gasteiger partial charge in [-0.15, -0.1) is 0 Å². The van der Waals surface area contributed by atoms with Crippen LogP contribution in [0.2, 0.25) is 10.0 Å². The van der Waals surface area contributed by atoms with Gasteiger partial charge in [-0.05, 0) is 37.4 Å². The SMILES string of the molecule is CC1CCCN(CC#Cc2c(Cl)cccc2Cl)C1. The Hall–Kier alpha value is -0.680. The van der Waals surface area contributed by atoms with Crippen LogP contribution in [0.4, 0.5) is 0 Å². The fourth-order valence-electron chi connectivity index (χ4n) is 2.29. The smallest absolute Gasteiger partial charge is 0.0618 e. The normalized spacial score (nSPS) is 20.3. The van der Waals surface area contributed by atoms with E-state index in [0.717, 1.165) is 31.1 Å². The Kier molecular flexibility index (Phi) is 4.95. The van der Waals surface area contributed by atoms with E-state index >= 15 is 0 Å². The molecule has 1 unspecified atom stereocenters. The zero-order valence-corrected chi connectivity index (χ0v) is 12.1. The second-order valence-corrected chi connectivity index (χ2v) is 5.70. The van der Waals surface area contributed by atoms with Gasteiger partial charge in [0.1, 0.15) is 0 Å². The molecule has 0 radical (unpaired) electrons. The molecule has 1 aromatic rings. The van der Waals surface area contributed by atoms with Crippen LogP contribution in [-0.4, -0.2) is 24.5 Å². The first-order chi connectivity index (χ1) is 8.66. The number of likely N-dealkylation sites (tertiary alicyclic amines) is 1. The van der Waals surface area contributed by atoms with Crippen LogP contribution in [-0.2, 0) is 0 Å². The third-order valence-corrected chi connectivity index (χ3v) is 3.85. The molecule has 1 fully saturated rings. The molecular formula is C15H17Cl2N. The predicted molar refractivity (Wildman–Crippen MR) is 78.2 cm³/mol. The predicted octanol–water partition coefficient (Wildman–Crippen LogP) is 4.08. The van der Waals surface area contributed by atoms with Crippen LogP contribution in [0, 0.1) is 17.8 Å². The minimum atomic E-state index is 0.627. The van der Waals surface area contributed by atoms with Gasteiger partial charge in [0.2, 0.25) is 0 Å².